The fourth-order valence-electron chi connectivity index (χ4n) is 3.34. The molecular weight excluding hydrogens is 363 g/mol. The second-order valence-electron chi connectivity index (χ2n) is 6.48. The van der Waals surface area contributed by atoms with E-state index in [9.17, 15) is 12.8 Å². The molecule has 25 heavy (non-hydrogen) atoms. The first-order valence-corrected chi connectivity index (χ1v) is 10.4. The molecule has 1 aliphatic heterocycles. The van der Waals surface area contributed by atoms with Gasteiger partial charge in [-0.1, -0.05) is 17.7 Å². The predicted molar refractivity (Wildman–Crippen MR) is 96.0 cm³/mol. The number of piperidine rings is 1. The molecule has 0 radical (unpaired) electrons. The van der Waals surface area contributed by atoms with Crippen molar-refractivity contribution in [2.45, 2.75) is 30.2 Å². The lowest BCUT2D eigenvalue weighted by Crippen LogP contribution is -2.34. The first-order valence-electron chi connectivity index (χ1n) is 8.16. The van der Waals surface area contributed by atoms with Crippen molar-refractivity contribution in [3.05, 3.63) is 58.6 Å². The summed E-state index contributed by atoms with van der Waals surface area (Å²) >= 11 is 5.73. The van der Waals surface area contributed by atoms with Gasteiger partial charge in [0.05, 0.1) is 15.6 Å². The van der Waals surface area contributed by atoms with Crippen LogP contribution in [-0.4, -0.2) is 37.6 Å². The van der Waals surface area contributed by atoms with E-state index in [-0.39, 0.29) is 10.9 Å². The first-order chi connectivity index (χ1) is 11.8. The molecule has 0 amide bonds. The van der Waals surface area contributed by atoms with Crippen LogP contribution >= 0.6 is 11.6 Å². The van der Waals surface area contributed by atoms with Crippen LogP contribution in [0.5, 0.6) is 0 Å². The maximum absolute atomic E-state index is 13.6. The number of benzene rings is 1. The highest BCUT2D eigenvalue weighted by Gasteiger charge is 2.27. The summed E-state index contributed by atoms with van der Waals surface area (Å²) in [5.41, 5.74) is 1.49. The molecule has 2 heterocycles. The summed E-state index contributed by atoms with van der Waals surface area (Å²) in [6, 6.07) is 8.10. The van der Waals surface area contributed by atoms with Crippen LogP contribution in [0.25, 0.3) is 0 Å². The van der Waals surface area contributed by atoms with Gasteiger partial charge >= 0.3 is 0 Å². The molecule has 134 valence electrons. The van der Waals surface area contributed by atoms with Crippen LogP contribution in [0.3, 0.4) is 0 Å². The lowest BCUT2D eigenvalue weighted by molar-refractivity contribution is 0.197. The molecule has 7 heteroatoms. The molecule has 1 unspecified atom stereocenters. The molecule has 1 aliphatic rings. The van der Waals surface area contributed by atoms with E-state index < -0.39 is 15.7 Å². The van der Waals surface area contributed by atoms with E-state index in [4.69, 9.17) is 11.6 Å². The van der Waals surface area contributed by atoms with Gasteiger partial charge in [-0.15, -0.1) is 0 Å². The largest absolute Gasteiger partial charge is 0.298 e. The molecule has 1 saturated heterocycles. The summed E-state index contributed by atoms with van der Waals surface area (Å²) in [4.78, 5) is 6.86. The van der Waals surface area contributed by atoms with Crippen LogP contribution in [0.4, 0.5) is 4.39 Å². The van der Waals surface area contributed by atoms with Gasteiger partial charge in [0.15, 0.2) is 9.84 Å². The van der Waals surface area contributed by atoms with Crippen molar-refractivity contribution in [1.29, 1.82) is 0 Å². The summed E-state index contributed by atoms with van der Waals surface area (Å²) < 4.78 is 37.7. The summed E-state index contributed by atoms with van der Waals surface area (Å²) in [5, 5.41) is 0.117. The van der Waals surface area contributed by atoms with E-state index in [0.29, 0.717) is 23.7 Å². The number of nitrogens with zero attached hydrogens (tertiary/aromatic N) is 2. The molecule has 1 atom stereocenters. The lowest BCUT2D eigenvalue weighted by Gasteiger charge is -2.33. The van der Waals surface area contributed by atoms with Crippen LogP contribution in [0.1, 0.15) is 30.0 Å². The molecule has 0 N–H and O–H groups in total. The number of likely N-dealkylation sites (tertiary alicyclic amines) is 1. The van der Waals surface area contributed by atoms with E-state index >= 15 is 0 Å². The Bertz CT molecular complexity index is 873. The maximum atomic E-state index is 13.6. The topological polar surface area (TPSA) is 50.3 Å². The van der Waals surface area contributed by atoms with Crippen molar-refractivity contribution in [2.75, 3.05) is 19.3 Å². The smallest absolute Gasteiger partial charge is 0.177 e. The van der Waals surface area contributed by atoms with Crippen molar-refractivity contribution in [2.24, 2.45) is 0 Å². The van der Waals surface area contributed by atoms with Crippen LogP contribution < -0.4 is 0 Å². The number of hydrogen-bond donors (Lipinski definition) is 0. The van der Waals surface area contributed by atoms with E-state index in [1.807, 2.05) is 6.07 Å². The van der Waals surface area contributed by atoms with Gasteiger partial charge in [-0.25, -0.2) is 12.8 Å². The fourth-order valence-corrected chi connectivity index (χ4v) is 4.38. The van der Waals surface area contributed by atoms with Gasteiger partial charge in [-0.2, -0.15) is 0 Å². The number of aromatic nitrogens is 1. The number of hydrogen-bond acceptors (Lipinski definition) is 4. The Balaban J connectivity index is 1.79. The third-order valence-electron chi connectivity index (χ3n) is 4.48. The van der Waals surface area contributed by atoms with Crippen molar-refractivity contribution in [1.82, 2.24) is 9.88 Å². The SMILES string of the molecule is CS(=O)(=O)c1cccnc1C1CCCN(Cc2ccc(Cl)c(F)c2)C1. The molecule has 1 aromatic heterocycles. The maximum Gasteiger partial charge on any atom is 0.177 e. The number of sulfone groups is 1. The predicted octanol–water partition coefficient (Wildman–Crippen LogP) is 3.66. The zero-order valence-corrected chi connectivity index (χ0v) is 15.5. The van der Waals surface area contributed by atoms with Gasteiger partial charge in [0.1, 0.15) is 5.82 Å². The highest BCUT2D eigenvalue weighted by molar-refractivity contribution is 7.90. The highest BCUT2D eigenvalue weighted by atomic mass is 35.5. The van der Waals surface area contributed by atoms with E-state index in [0.717, 1.165) is 24.9 Å². The standard InChI is InChI=1S/C18H20ClFN2O2S/c1-25(23,24)17-5-2-8-21-18(17)14-4-3-9-22(12-14)11-13-6-7-15(19)16(20)10-13/h2,5-8,10,14H,3-4,9,11-12H2,1H3. The van der Waals surface area contributed by atoms with Gasteiger partial charge in [0.2, 0.25) is 0 Å². The Morgan fingerprint density at radius 3 is 2.88 bits per heavy atom. The Morgan fingerprint density at radius 1 is 1.36 bits per heavy atom. The van der Waals surface area contributed by atoms with Crippen LogP contribution in [0.15, 0.2) is 41.4 Å². The summed E-state index contributed by atoms with van der Waals surface area (Å²) in [6.07, 6.45) is 4.69. The zero-order valence-electron chi connectivity index (χ0n) is 14.0. The second kappa shape index (κ2) is 7.40. The minimum Gasteiger partial charge on any atom is -0.298 e. The normalized spacial score (nSPS) is 19.1. The van der Waals surface area contributed by atoms with Gasteiger partial charge < -0.3 is 0 Å². The van der Waals surface area contributed by atoms with Crippen molar-refractivity contribution < 1.29 is 12.8 Å². The Kier molecular flexibility index (Phi) is 5.41. The molecule has 0 aliphatic carbocycles. The van der Waals surface area contributed by atoms with Crippen LogP contribution in [0.2, 0.25) is 5.02 Å². The molecule has 1 aromatic carbocycles. The van der Waals surface area contributed by atoms with E-state index in [2.05, 4.69) is 9.88 Å². The number of rotatable bonds is 4. The molecule has 0 spiro atoms. The monoisotopic (exact) mass is 382 g/mol. The summed E-state index contributed by atoms with van der Waals surface area (Å²) in [6.45, 7) is 2.19. The average Bonchev–Trinajstić information content (AvgIpc) is 2.58. The van der Waals surface area contributed by atoms with Gasteiger partial charge in [-0.05, 0) is 49.2 Å². The molecule has 2 aromatic rings. The van der Waals surface area contributed by atoms with Gasteiger partial charge in [0.25, 0.3) is 0 Å². The Hall–Kier alpha value is -1.50. The quantitative estimate of drug-likeness (QED) is 0.809. The molecule has 3 rings (SSSR count). The van der Waals surface area contributed by atoms with Crippen molar-refractivity contribution in [3.8, 4) is 0 Å². The first kappa shape index (κ1) is 18.3. The Labute approximate surface area is 152 Å². The molecule has 4 nitrogen and oxygen atoms in total. The zero-order chi connectivity index (χ0) is 18.0. The molecular formula is C18H20ClFN2O2S. The van der Waals surface area contributed by atoms with Gasteiger partial charge in [0, 0.05) is 31.5 Å². The molecule has 0 bridgehead atoms. The summed E-state index contributed by atoms with van der Waals surface area (Å²) in [5.74, 6) is -0.367. The lowest BCUT2D eigenvalue weighted by atomic mass is 9.94. The van der Waals surface area contributed by atoms with Crippen LogP contribution in [0, 0.1) is 5.82 Å². The van der Waals surface area contributed by atoms with E-state index in [1.54, 1.807) is 24.4 Å². The second-order valence-corrected chi connectivity index (χ2v) is 8.87. The minimum absolute atomic E-state index is 0.0526. The third kappa shape index (κ3) is 4.37. The van der Waals surface area contributed by atoms with Crippen molar-refractivity contribution >= 4 is 21.4 Å². The number of pyridine rings is 1. The fraction of sp³-hybridized carbons (Fsp3) is 0.389. The number of halogens is 2. The van der Waals surface area contributed by atoms with Crippen LogP contribution in [-0.2, 0) is 16.4 Å². The molecule has 0 saturated carbocycles. The average molecular weight is 383 g/mol. The summed E-state index contributed by atoms with van der Waals surface area (Å²) in [7, 11) is -3.31. The highest BCUT2D eigenvalue weighted by Crippen LogP contribution is 2.30. The minimum atomic E-state index is -3.31. The molecule has 1 fully saturated rings. The van der Waals surface area contributed by atoms with Crippen molar-refractivity contribution in [3.63, 3.8) is 0 Å². The third-order valence-corrected chi connectivity index (χ3v) is 5.93. The van der Waals surface area contributed by atoms with E-state index in [1.165, 1.54) is 12.3 Å². The Morgan fingerprint density at radius 2 is 2.16 bits per heavy atom. The van der Waals surface area contributed by atoms with Gasteiger partial charge in [-0.3, -0.25) is 9.88 Å².